The molecule has 0 aliphatic carbocycles. The van der Waals surface area contributed by atoms with E-state index in [1.807, 2.05) is 0 Å². The van der Waals surface area contributed by atoms with Gasteiger partial charge in [0.25, 0.3) is 12.3 Å². The van der Waals surface area contributed by atoms with Crippen LogP contribution in [0.15, 0.2) is 6.07 Å². The first-order chi connectivity index (χ1) is 14.7. The number of pyridine rings is 1. The number of hydrogen-bond donors (Lipinski definition) is 2. The first-order valence-electron chi connectivity index (χ1n) is 8.88. The van der Waals surface area contributed by atoms with Crippen LogP contribution < -0.4 is 11.1 Å². The van der Waals surface area contributed by atoms with Crippen molar-refractivity contribution in [2.75, 3.05) is 5.32 Å². The highest BCUT2D eigenvalue weighted by Crippen LogP contribution is 2.39. The van der Waals surface area contributed by atoms with E-state index in [-0.39, 0.29) is 26.5 Å². The van der Waals surface area contributed by atoms with E-state index in [0.717, 1.165) is 10.7 Å². The van der Waals surface area contributed by atoms with Gasteiger partial charge in [0.05, 0.1) is 16.4 Å². The Hall–Kier alpha value is -2.80. The summed E-state index contributed by atoms with van der Waals surface area (Å²) >= 11 is 6.45. The zero-order chi connectivity index (χ0) is 24.1. The number of aryl methyl sites for hydroxylation is 1. The lowest BCUT2D eigenvalue weighted by Crippen LogP contribution is -2.26. The van der Waals surface area contributed by atoms with Gasteiger partial charge in [0.1, 0.15) is 21.4 Å². The van der Waals surface area contributed by atoms with Gasteiger partial charge in [0, 0.05) is 5.39 Å². The molecule has 0 radical (unpaired) electrons. The Labute approximate surface area is 186 Å². The van der Waals surface area contributed by atoms with Crippen LogP contribution in [-0.4, -0.2) is 26.6 Å². The van der Waals surface area contributed by atoms with Gasteiger partial charge in [-0.05, 0) is 32.4 Å². The van der Waals surface area contributed by atoms with E-state index in [1.165, 1.54) is 20.8 Å². The number of rotatable bonds is 5. The lowest BCUT2D eigenvalue weighted by Gasteiger charge is -2.15. The van der Waals surface area contributed by atoms with Crippen LogP contribution in [0.4, 0.5) is 27.6 Å². The Kier molecular flexibility index (Phi) is 6.17. The minimum Gasteiger partial charge on any atom is -0.365 e. The number of carbonyl (C=O) groups excluding carboxylic acids is 2. The molecule has 3 heterocycles. The average Bonchev–Trinajstić information content (AvgIpc) is 3.19. The number of nitrogens with two attached hydrogens (primary N) is 1. The maximum Gasteiger partial charge on any atom is 0.436 e. The number of aromatic nitrogens is 3. The summed E-state index contributed by atoms with van der Waals surface area (Å²) in [5, 5.41) is 5.45. The summed E-state index contributed by atoms with van der Waals surface area (Å²) in [6, 6.07) is -0.163. The number of hydrogen-bond acceptors (Lipinski definition) is 5. The van der Waals surface area contributed by atoms with Crippen molar-refractivity contribution >= 4 is 50.7 Å². The van der Waals surface area contributed by atoms with Gasteiger partial charge in [-0.2, -0.15) is 18.3 Å². The van der Waals surface area contributed by atoms with E-state index in [2.05, 4.69) is 15.4 Å². The molecule has 0 spiro atoms. The summed E-state index contributed by atoms with van der Waals surface area (Å²) in [5.41, 5.74) is 3.66. The van der Waals surface area contributed by atoms with Crippen LogP contribution in [-0.2, 0) is 11.0 Å². The fourth-order valence-corrected chi connectivity index (χ4v) is 4.40. The van der Waals surface area contributed by atoms with E-state index < -0.39 is 46.9 Å². The van der Waals surface area contributed by atoms with Crippen molar-refractivity contribution in [3.05, 3.63) is 38.6 Å². The maximum atomic E-state index is 13.1. The van der Waals surface area contributed by atoms with E-state index in [1.54, 1.807) is 0 Å². The third-order valence-electron chi connectivity index (χ3n) is 4.67. The number of amides is 2. The molecule has 2 amide bonds. The largest absolute Gasteiger partial charge is 0.436 e. The fraction of sp³-hybridized carbons (Fsp3) is 0.333. The van der Waals surface area contributed by atoms with Crippen molar-refractivity contribution in [2.45, 2.75) is 39.4 Å². The second kappa shape index (κ2) is 8.28. The molecule has 3 N–H and O–H groups in total. The molecular weight excluding hydrogens is 481 g/mol. The van der Waals surface area contributed by atoms with Crippen molar-refractivity contribution in [2.24, 2.45) is 5.73 Å². The predicted octanol–water partition coefficient (Wildman–Crippen LogP) is 5.02. The molecule has 1 unspecified atom stereocenters. The van der Waals surface area contributed by atoms with E-state index >= 15 is 0 Å². The Morgan fingerprint density at radius 1 is 1.28 bits per heavy atom. The molecule has 7 nitrogen and oxygen atoms in total. The summed E-state index contributed by atoms with van der Waals surface area (Å²) in [7, 11) is 0. The minimum atomic E-state index is -4.82. The highest BCUT2D eigenvalue weighted by molar-refractivity contribution is 7.21. The van der Waals surface area contributed by atoms with Crippen molar-refractivity contribution in [1.82, 2.24) is 14.8 Å². The molecule has 3 rings (SSSR count). The van der Waals surface area contributed by atoms with Crippen molar-refractivity contribution in [1.29, 1.82) is 0 Å². The second-order valence-electron chi connectivity index (χ2n) is 6.87. The Balaban J connectivity index is 2.05. The number of nitrogens with zero attached hydrogens (tertiary/aromatic N) is 3. The maximum absolute atomic E-state index is 13.1. The minimum absolute atomic E-state index is 0.0507. The lowest BCUT2D eigenvalue weighted by atomic mass is 10.1. The number of halogens is 6. The van der Waals surface area contributed by atoms with Gasteiger partial charge in [-0.1, -0.05) is 11.6 Å². The van der Waals surface area contributed by atoms with Crippen molar-refractivity contribution < 1.29 is 31.5 Å². The number of nitrogens with one attached hydrogen (secondary N) is 1. The number of fused-ring (bicyclic) bond motifs is 1. The average molecular weight is 496 g/mol. The molecule has 0 fully saturated rings. The number of primary amides is 1. The number of carbonyl (C=O) groups is 2. The van der Waals surface area contributed by atoms with E-state index in [4.69, 9.17) is 17.3 Å². The van der Waals surface area contributed by atoms with Gasteiger partial charge < -0.3 is 11.1 Å². The smallest absolute Gasteiger partial charge is 0.365 e. The van der Waals surface area contributed by atoms with Gasteiger partial charge in [-0.3, -0.25) is 14.3 Å². The molecule has 32 heavy (non-hydrogen) atoms. The molecule has 172 valence electrons. The SMILES string of the molecule is Cc1cc(C(F)F)nc2sc(C(N)=O)c(NC(=O)C(C)n3nc(C(F)(F)F)c(Cl)c3C)c12. The first kappa shape index (κ1) is 23.9. The van der Waals surface area contributed by atoms with Crippen LogP contribution >= 0.6 is 22.9 Å². The fourth-order valence-electron chi connectivity index (χ4n) is 3.11. The highest BCUT2D eigenvalue weighted by Gasteiger charge is 2.39. The lowest BCUT2D eigenvalue weighted by molar-refractivity contribution is -0.141. The molecule has 0 saturated heterocycles. The standard InChI is InChI=1S/C18H15ClF5N5O2S/c1-5-4-8(14(20)21)26-17-9(5)11(12(32-17)15(25)30)27-16(31)7(3)29-6(2)10(19)13(28-29)18(22,23)24/h4,7,14H,1-3H3,(H2,25,30)(H,27,31). The molecular formula is C18H15ClF5N5O2S. The number of thiophene rings is 1. The predicted molar refractivity (Wildman–Crippen MR) is 108 cm³/mol. The molecule has 0 bridgehead atoms. The van der Waals surface area contributed by atoms with Gasteiger partial charge >= 0.3 is 6.18 Å². The summed E-state index contributed by atoms with van der Waals surface area (Å²) in [6.45, 7) is 4.03. The van der Waals surface area contributed by atoms with Gasteiger partial charge in [-0.15, -0.1) is 11.3 Å². The van der Waals surface area contributed by atoms with Crippen LogP contribution in [0.2, 0.25) is 5.02 Å². The molecule has 3 aromatic heterocycles. The highest BCUT2D eigenvalue weighted by atomic mass is 35.5. The number of alkyl halides is 5. The third-order valence-corrected chi connectivity index (χ3v) is 6.22. The molecule has 0 aliphatic heterocycles. The molecule has 3 aromatic rings. The van der Waals surface area contributed by atoms with Crippen LogP contribution in [0.3, 0.4) is 0 Å². The molecule has 0 aliphatic rings. The number of anilines is 1. The monoisotopic (exact) mass is 495 g/mol. The first-order valence-corrected chi connectivity index (χ1v) is 10.1. The molecule has 14 heteroatoms. The van der Waals surface area contributed by atoms with Crippen LogP contribution in [0.5, 0.6) is 0 Å². The topological polar surface area (TPSA) is 103 Å². The van der Waals surface area contributed by atoms with Crippen LogP contribution in [0.25, 0.3) is 10.2 Å². The van der Waals surface area contributed by atoms with E-state index in [9.17, 15) is 31.5 Å². The van der Waals surface area contributed by atoms with E-state index in [0.29, 0.717) is 16.9 Å². The van der Waals surface area contributed by atoms with Gasteiger partial charge in [0.15, 0.2) is 5.69 Å². The van der Waals surface area contributed by atoms with Crippen LogP contribution in [0, 0.1) is 13.8 Å². The van der Waals surface area contributed by atoms with Gasteiger partial charge in [0.2, 0.25) is 5.91 Å². The van der Waals surface area contributed by atoms with Crippen molar-refractivity contribution in [3.63, 3.8) is 0 Å². The normalized spacial score (nSPS) is 13.1. The Morgan fingerprint density at radius 2 is 1.91 bits per heavy atom. The summed E-state index contributed by atoms with van der Waals surface area (Å²) in [4.78, 5) is 28.5. The second-order valence-corrected chi connectivity index (χ2v) is 8.25. The Morgan fingerprint density at radius 3 is 2.41 bits per heavy atom. The summed E-state index contributed by atoms with van der Waals surface area (Å²) < 4.78 is 66.2. The molecule has 0 saturated carbocycles. The van der Waals surface area contributed by atoms with Crippen molar-refractivity contribution in [3.8, 4) is 0 Å². The summed E-state index contributed by atoms with van der Waals surface area (Å²) in [5.74, 6) is -1.77. The summed E-state index contributed by atoms with van der Waals surface area (Å²) in [6.07, 6.45) is -7.68. The zero-order valence-electron chi connectivity index (χ0n) is 16.6. The Bertz CT molecular complexity index is 1240. The molecule has 0 aromatic carbocycles. The van der Waals surface area contributed by atoms with Crippen LogP contribution in [0.1, 0.15) is 51.7 Å². The van der Waals surface area contributed by atoms with Gasteiger partial charge in [-0.25, -0.2) is 13.8 Å². The molecule has 1 atom stereocenters. The zero-order valence-corrected chi connectivity index (χ0v) is 18.2. The quantitative estimate of drug-likeness (QED) is 0.485. The third kappa shape index (κ3) is 4.13.